The Balaban J connectivity index is 2.12. The van der Waals surface area contributed by atoms with E-state index in [0.717, 1.165) is 0 Å². The van der Waals surface area contributed by atoms with E-state index in [9.17, 15) is 18.0 Å². The zero-order valence-electron chi connectivity index (χ0n) is 13.4. The fourth-order valence-corrected chi connectivity index (χ4v) is 5.23. The lowest BCUT2D eigenvalue weighted by Crippen LogP contribution is -2.60. The molecule has 2 aliphatic rings. The van der Waals surface area contributed by atoms with Gasteiger partial charge in [0.15, 0.2) is 0 Å². The van der Waals surface area contributed by atoms with Gasteiger partial charge in [0.25, 0.3) is 10.0 Å². The summed E-state index contributed by atoms with van der Waals surface area (Å²) in [5.41, 5.74) is 4.58. The average Bonchev–Trinajstić information content (AvgIpc) is 2.63. The monoisotopic (exact) mass is 336 g/mol. The summed E-state index contributed by atoms with van der Waals surface area (Å²) in [6.45, 7) is 5.49. The molecule has 2 atom stereocenters. The second-order valence-corrected chi connectivity index (χ2v) is 8.91. The Kier molecular flexibility index (Phi) is 3.17. The second kappa shape index (κ2) is 4.56. The van der Waals surface area contributed by atoms with Crippen LogP contribution in [-0.4, -0.2) is 24.5 Å². The highest BCUT2D eigenvalue weighted by Gasteiger charge is 2.66. The van der Waals surface area contributed by atoms with Crippen LogP contribution in [0.4, 0.5) is 5.69 Å². The van der Waals surface area contributed by atoms with E-state index in [0.29, 0.717) is 22.8 Å². The smallest absolute Gasteiger partial charge is 0.273 e. The molecule has 0 radical (unpaired) electrons. The van der Waals surface area contributed by atoms with Gasteiger partial charge in [0.05, 0.1) is 10.3 Å². The van der Waals surface area contributed by atoms with Crippen LogP contribution in [0.1, 0.15) is 33.6 Å². The molecule has 2 N–H and O–H groups in total. The van der Waals surface area contributed by atoms with Crippen molar-refractivity contribution in [1.29, 1.82) is 0 Å². The highest BCUT2D eigenvalue weighted by molar-refractivity contribution is 7.90. The number of sulfonamides is 1. The van der Waals surface area contributed by atoms with Crippen molar-refractivity contribution >= 4 is 27.5 Å². The number of nitrogens with two attached hydrogens (primary N) is 1. The summed E-state index contributed by atoms with van der Waals surface area (Å²) in [5.74, 6) is -1.71. The van der Waals surface area contributed by atoms with Crippen molar-refractivity contribution in [3.8, 4) is 0 Å². The van der Waals surface area contributed by atoms with Crippen molar-refractivity contribution in [2.75, 3.05) is 5.73 Å². The first-order valence-electron chi connectivity index (χ1n) is 7.52. The lowest BCUT2D eigenvalue weighted by molar-refractivity contribution is -0.160. The summed E-state index contributed by atoms with van der Waals surface area (Å²) in [6, 6.07) is 5.50. The molecule has 2 fully saturated rings. The van der Waals surface area contributed by atoms with Gasteiger partial charge in [0.1, 0.15) is 0 Å². The van der Waals surface area contributed by atoms with Crippen LogP contribution in [-0.2, 0) is 19.6 Å². The van der Waals surface area contributed by atoms with E-state index < -0.39 is 38.6 Å². The minimum Gasteiger partial charge on any atom is -0.399 e. The molecule has 7 heteroatoms. The zero-order chi connectivity index (χ0) is 17.2. The molecule has 1 aromatic carbocycles. The van der Waals surface area contributed by atoms with Crippen LogP contribution >= 0.6 is 0 Å². The van der Waals surface area contributed by atoms with Crippen molar-refractivity contribution in [2.45, 2.75) is 38.5 Å². The van der Waals surface area contributed by atoms with Crippen LogP contribution in [0.25, 0.3) is 0 Å². The summed E-state index contributed by atoms with van der Waals surface area (Å²) >= 11 is 0. The molecule has 2 amide bonds. The van der Waals surface area contributed by atoms with Crippen LogP contribution in [0.15, 0.2) is 29.2 Å². The average molecular weight is 336 g/mol. The Labute approximate surface area is 135 Å². The fraction of sp³-hybridized carbons (Fsp3) is 0.500. The highest BCUT2D eigenvalue weighted by atomic mass is 32.2. The van der Waals surface area contributed by atoms with Crippen molar-refractivity contribution in [1.82, 2.24) is 4.31 Å². The van der Waals surface area contributed by atoms with Crippen molar-refractivity contribution in [2.24, 2.45) is 16.7 Å². The fourth-order valence-electron chi connectivity index (χ4n) is 3.75. The van der Waals surface area contributed by atoms with Gasteiger partial charge in [-0.1, -0.05) is 20.8 Å². The van der Waals surface area contributed by atoms with E-state index >= 15 is 0 Å². The van der Waals surface area contributed by atoms with Gasteiger partial charge < -0.3 is 5.73 Å². The number of rotatable bonds is 2. The lowest BCUT2D eigenvalue weighted by Gasteiger charge is -2.46. The van der Waals surface area contributed by atoms with Crippen molar-refractivity contribution in [3.05, 3.63) is 24.3 Å². The number of nitrogen functional groups attached to an aromatic ring is 1. The number of benzene rings is 1. The SMILES string of the molecule is CC12CCC(C(=O)N(S(=O)(=O)c3ccc(N)cc3)C1=O)C2(C)C. The summed E-state index contributed by atoms with van der Waals surface area (Å²) in [7, 11) is -4.21. The Bertz CT molecular complexity index is 798. The molecule has 23 heavy (non-hydrogen) atoms. The van der Waals surface area contributed by atoms with Gasteiger partial charge in [-0.2, -0.15) is 4.31 Å². The Morgan fingerprint density at radius 1 is 1.13 bits per heavy atom. The molecule has 3 rings (SSSR count). The van der Waals surface area contributed by atoms with Gasteiger partial charge in [-0.05, 0) is 42.5 Å². The van der Waals surface area contributed by atoms with Crippen molar-refractivity contribution < 1.29 is 18.0 Å². The standard InChI is InChI=1S/C16H20N2O4S/c1-15(2)12-8-9-16(15,3)14(20)18(13(12)19)23(21,22)11-6-4-10(17)5-7-11/h4-7,12H,8-9,17H2,1-3H3. The molecular weight excluding hydrogens is 316 g/mol. The van der Waals surface area contributed by atoms with E-state index in [2.05, 4.69) is 0 Å². The summed E-state index contributed by atoms with van der Waals surface area (Å²) in [6.07, 6.45) is 1.05. The van der Waals surface area contributed by atoms with Crippen LogP contribution in [0.2, 0.25) is 0 Å². The topological polar surface area (TPSA) is 97.5 Å². The number of anilines is 1. The van der Waals surface area contributed by atoms with Gasteiger partial charge in [0.2, 0.25) is 11.8 Å². The molecule has 6 nitrogen and oxygen atoms in total. The molecule has 1 aliphatic heterocycles. The van der Waals surface area contributed by atoms with Crippen LogP contribution in [0.3, 0.4) is 0 Å². The molecular formula is C16H20N2O4S. The number of hydrogen-bond donors (Lipinski definition) is 1. The predicted octanol–water partition coefficient (Wildman–Crippen LogP) is 1.77. The number of fused-ring (bicyclic) bond motifs is 2. The largest absolute Gasteiger partial charge is 0.399 e. The van der Waals surface area contributed by atoms with Crippen LogP contribution in [0, 0.1) is 16.7 Å². The molecule has 2 bridgehead atoms. The predicted molar refractivity (Wildman–Crippen MR) is 84.5 cm³/mol. The maximum absolute atomic E-state index is 12.9. The van der Waals surface area contributed by atoms with E-state index in [1.165, 1.54) is 24.3 Å². The first kappa shape index (κ1) is 16.0. The van der Waals surface area contributed by atoms with E-state index in [-0.39, 0.29) is 4.90 Å². The van der Waals surface area contributed by atoms with Gasteiger partial charge in [0, 0.05) is 11.6 Å². The van der Waals surface area contributed by atoms with Crippen molar-refractivity contribution in [3.63, 3.8) is 0 Å². The Morgan fingerprint density at radius 3 is 2.26 bits per heavy atom. The minimum atomic E-state index is -4.21. The molecule has 0 aromatic heterocycles. The lowest BCUT2D eigenvalue weighted by atomic mass is 9.63. The summed E-state index contributed by atoms with van der Waals surface area (Å²) in [5, 5.41) is 0. The molecule has 124 valence electrons. The van der Waals surface area contributed by atoms with E-state index in [4.69, 9.17) is 5.73 Å². The third kappa shape index (κ3) is 1.89. The number of amides is 2. The number of imide groups is 1. The number of carbonyl (C=O) groups excluding carboxylic acids is 2. The molecule has 0 spiro atoms. The third-order valence-electron chi connectivity index (χ3n) is 5.80. The number of piperidine rings is 1. The highest BCUT2D eigenvalue weighted by Crippen LogP contribution is 2.60. The maximum Gasteiger partial charge on any atom is 0.273 e. The number of hydrogen-bond acceptors (Lipinski definition) is 5. The van der Waals surface area contributed by atoms with Gasteiger partial charge in [-0.25, -0.2) is 8.42 Å². The molecule has 1 saturated carbocycles. The number of carbonyl (C=O) groups is 2. The second-order valence-electron chi connectivity index (χ2n) is 7.13. The first-order chi connectivity index (χ1) is 10.5. The zero-order valence-corrected chi connectivity index (χ0v) is 14.2. The summed E-state index contributed by atoms with van der Waals surface area (Å²) < 4.78 is 26.2. The quantitative estimate of drug-likeness (QED) is 0.655. The van der Waals surface area contributed by atoms with Crippen LogP contribution in [0.5, 0.6) is 0 Å². The maximum atomic E-state index is 12.9. The molecule has 1 aromatic rings. The molecule has 1 aliphatic carbocycles. The van der Waals surface area contributed by atoms with E-state index in [1.54, 1.807) is 6.92 Å². The molecule has 1 saturated heterocycles. The van der Waals surface area contributed by atoms with Gasteiger partial charge in [-0.3, -0.25) is 9.59 Å². The van der Waals surface area contributed by atoms with E-state index in [1.807, 2.05) is 13.8 Å². The minimum absolute atomic E-state index is 0.101. The Hall–Kier alpha value is -1.89. The summed E-state index contributed by atoms with van der Waals surface area (Å²) in [4.78, 5) is 25.6. The first-order valence-corrected chi connectivity index (χ1v) is 8.96. The third-order valence-corrected chi connectivity index (χ3v) is 7.49. The van der Waals surface area contributed by atoms with Gasteiger partial charge in [-0.15, -0.1) is 0 Å². The Morgan fingerprint density at radius 2 is 1.70 bits per heavy atom. The number of nitrogens with zero attached hydrogens (tertiary/aromatic N) is 1. The van der Waals surface area contributed by atoms with Gasteiger partial charge >= 0.3 is 0 Å². The normalized spacial score (nSPS) is 29.9. The molecule has 2 unspecified atom stereocenters. The molecule has 1 heterocycles. The van der Waals surface area contributed by atoms with Crippen LogP contribution < -0.4 is 5.73 Å².